The summed E-state index contributed by atoms with van der Waals surface area (Å²) < 4.78 is 0. The van der Waals surface area contributed by atoms with Crippen molar-refractivity contribution in [2.45, 2.75) is 19.9 Å². The van der Waals surface area contributed by atoms with Crippen LogP contribution in [0.5, 0.6) is 0 Å². The molecule has 1 unspecified atom stereocenters. The predicted octanol–water partition coefficient (Wildman–Crippen LogP) is 4.84. The van der Waals surface area contributed by atoms with E-state index < -0.39 is 11.0 Å². The number of hydrogen-bond acceptors (Lipinski definition) is 4. The van der Waals surface area contributed by atoms with Crippen LogP contribution in [0.4, 0.5) is 5.69 Å². The van der Waals surface area contributed by atoms with Crippen molar-refractivity contribution in [1.29, 1.82) is 0 Å². The third kappa shape index (κ3) is 3.38. The SMILES string of the molecule is CC(C)CN1C(=O)c2[nH]nc(-c3ccc(Cl)cc3)c2C1c1cccc([N+](=O)[O-])c1. The summed E-state index contributed by atoms with van der Waals surface area (Å²) in [5.74, 6) is 0.0778. The Balaban J connectivity index is 1.89. The number of nitrogens with one attached hydrogen (secondary N) is 1. The standard InChI is InChI=1S/C21H19ClN4O3/c1-12(2)11-25-20(14-4-3-5-16(10-14)26(28)29)17-18(23-24-19(17)21(25)27)13-6-8-15(22)9-7-13/h3-10,12,20H,11H2,1-2H3,(H,23,24). The molecule has 1 N–H and O–H groups in total. The van der Waals surface area contributed by atoms with Crippen LogP contribution in [0.1, 0.15) is 41.5 Å². The monoisotopic (exact) mass is 410 g/mol. The van der Waals surface area contributed by atoms with Crippen molar-refractivity contribution >= 4 is 23.2 Å². The molecule has 2 heterocycles. The maximum atomic E-state index is 13.1. The number of fused-ring (bicyclic) bond motifs is 1. The molecule has 0 radical (unpaired) electrons. The first-order valence-corrected chi connectivity index (χ1v) is 9.64. The highest BCUT2D eigenvalue weighted by atomic mass is 35.5. The first-order valence-electron chi connectivity index (χ1n) is 9.26. The molecule has 4 rings (SSSR count). The molecule has 0 fully saturated rings. The van der Waals surface area contributed by atoms with Crippen LogP contribution in [0.25, 0.3) is 11.3 Å². The minimum atomic E-state index is -0.454. The summed E-state index contributed by atoms with van der Waals surface area (Å²) in [4.78, 5) is 25.8. The van der Waals surface area contributed by atoms with Crippen LogP contribution in [0, 0.1) is 16.0 Å². The molecule has 0 spiro atoms. The Morgan fingerprint density at radius 1 is 1.24 bits per heavy atom. The zero-order chi connectivity index (χ0) is 20.7. The largest absolute Gasteiger partial charge is 0.326 e. The molecule has 1 atom stereocenters. The Hall–Kier alpha value is -3.19. The van der Waals surface area contributed by atoms with E-state index in [0.717, 1.165) is 11.1 Å². The number of halogens is 1. The molecule has 8 heteroatoms. The quantitative estimate of drug-likeness (QED) is 0.481. The van der Waals surface area contributed by atoms with Crippen molar-refractivity contribution in [3.63, 3.8) is 0 Å². The number of aromatic amines is 1. The van der Waals surface area contributed by atoms with E-state index in [2.05, 4.69) is 10.2 Å². The van der Waals surface area contributed by atoms with Gasteiger partial charge in [0.15, 0.2) is 0 Å². The first kappa shape index (κ1) is 19.1. The van der Waals surface area contributed by atoms with E-state index in [1.807, 2.05) is 32.0 Å². The number of amides is 1. The molecular formula is C21H19ClN4O3. The molecule has 0 saturated heterocycles. The predicted molar refractivity (Wildman–Crippen MR) is 110 cm³/mol. The lowest BCUT2D eigenvalue weighted by atomic mass is 9.95. The molecule has 2 aromatic carbocycles. The van der Waals surface area contributed by atoms with Gasteiger partial charge in [-0.25, -0.2) is 0 Å². The van der Waals surface area contributed by atoms with E-state index in [1.54, 1.807) is 23.1 Å². The van der Waals surface area contributed by atoms with E-state index in [0.29, 0.717) is 28.5 Å². The average molecular weight is 411 g/mol. The molecule has 1 amide bonds. The van der Waals surface area contributed by atoms with Gasteiger partial charge in [-0.2, -0.15) is 5.10 Å². The van der Waals surface area contributed by atoms with Crippen molar-refractivity contribution < 1.29 is 9.72 Å². The van der Waals surface area contributed by atoms with Crippen LogP contribution in [0.15, 0.2) is 48.5 Å². The normalized spacial score (nSPS) is 15.8. The lowest BCUT2D eigenvalue weighted by Gasteiger charge is -2.27. The smallest absolute Gasteiger partial charge is 0.273 e. The number of hydrogen-bond donors (Lipinski definition) is 1. The van der Waals surface area contributed by atoms with Gasteiger partial charge in [-0.1, -0.05) is 49.7 Å². The van der Waals surface area contributed by atoms with Crippen molar-refractivity contribution in [3.05, 3.63) is 80.5 Å². The fourth-order valence-electron chi connectivity index (χ4n) is 3.76. The highest BCUT2D eigenvalue weighted by Gasteiger charge is 2.42. The van der Waals surface area contributed by atoms with Crippen molar-refractivity contribution in [3.8, 4) is 11.3 Å². The molecule has 1 aromatic heterocycles. The highest BCUT2D eigenvalue weighted by Crippen LogP contribution is 2.43. The summed E-state index contributed by atoms with van der Waals surface area (Å²) in [6.07, 6.45) is 0. The summed E-state index contributed by atoms with van der Waals surface area (Å²) in [6.45, 7) is 4.58. The van der Waals surface area contributed by atoms with Crippen molar-refractivity contribution in [2.75, 3.05) is 6.54 Å². The van der Waals surface area contributed by atoms with Crippen LogP contribution >= 0.6 is 11.6 Å². The second-order valence-electron chi connectivity index (χ2n) is 7.47. The summed E-state index contributed by atoms with van der Waals surface area (Å²) in [6, 6.07) is 13.2. The van der Waals surface area contributed by atoms with Gasteiger partial charge in [0.1, 0.15) is 5.69 Å². The van der Waals surface area contributed by atoms with Crippen LogP contribution in [0.3, 0.4) is 0 Å². The number of rotatable bonds is 5. The molecule has 1 aliphatic rings. The maximum Gasteiger partial charge on any atom is 0.273 e. The number of aromatic nitrogens is 2. The minimum Gasteiger partial charge on any atom is -0.326 e. The number of carbonyl (C=O) groups is 1. The minimum absolute atomic E-state index is 0.00978. The number of H-pyrrole nitrogens is 1. The second kappa shape index (κ2) is 7.33. The lowest BCUT2D eigenvalue weighted by Crippen LogP contribution is -2.32. The van der Waals surface area contributed by atoms with Gasteiger partial charge < -0.3 is 4.90 Å². The van der Waals surface area contributed by atoms with E-state index in [-0.39, 0.29) is 17.5 Å². The first-order chi connectivity index (χ1) is 13.9. The zero-order valence-corrected chi connectivity index (χ0v) is 16.7. The Morgan fingerprint density at radius 2 is 1.97 bits per heavy atom. The number of nitro benzene ring substituents is 1. The molecule has 7 nitrogen and oxygen atoms in total. The molecule has 0 bridgehead atoms. The number of non-ortho nitro benzene ring substituents is 1. The Morgan fingerprint density at radius 3 is 2.62 bits per heavy atom. The number of nitrogens with zero attached hydrogens (tertiary/aromatic N) is 3. The third-order valence-electron chi connectivity index (χ3n) is 4.94. The van der Waals surface area contributed by atoms with Gasteiger partial charge in [0.25, 0.3) is 11.6 Å². The van der Waals surface area contributed by atoms with Crippen molar-refractivity contribution in [1.82, 2.24) is 15.1 Å². The molecule has 148 valence electrons. The second-order valence-corrected chi connectivity index (χ2v) is 7.91. The number of carbonyl (C=O) groups excluding carboxylic acids is 1. The van der Waals surface area contributed by atoms with Gasteiger partial charge in [0, 0.05) is 34.8 Å². The highest BCUT2D eigenvalue weighted by molar-refractivity contribution is 6.30. The van der Waals surface area contributed by atoms with Gasteiger partial charge in [-0.15, -0.1) is 0 Å². The zero-order valence-electron chi connectivity index (χ0n) is 15.9. The van der Waals surface area contributed by atoms with E-state index in [4.69, 9.17) is 11.6 Å². The molecular weight excluding hydrogens is 392 g/mol. The van der Waals surface area contributed by atoms with Gasteiger partial charge >= 0.3 is 0 Å². The average Bonchev–Trinajstić information content (AvgIpc) is 3.22. The van der Waals surface area contributed by atoms with E-state index in [9.17, 15) is 14.9 Å². The summed E-state index contributed by atoms with van der Waals surface area (Å²) in [5.41, 5.74) is 3.30. The van der Waals surface area contributed by atoms with Gasteiger partial charge in [0.05, 0.1) is 16.7 Å². The van der Waals surface area contributed by atoms with E-state index >= 15 is 0 Å². The fourth-order valence-corrected chi connectivity index (χ4v) is 3.89. The van der Waals surface area contributed by atoms with Crippen molar-refractivity contribution in [2.24, 2.45) is 5.92 Å². The molecule has 3 aromatic rings. The third-order valence-corrected chi connectivity index (χ3v) is 5.19. The van der Waals surface area contributed by atoms with Crippen LogP contribution in [0.2, 0.25) is 5.02 Å². The topological polar surface area (TPSA) is 92.1 Å². The Labute approximate surface area is 172 Å². The summed E-state index contributed by atoms with van der Waals surface area (Å²) >= 11 is 6.01. The van der Waals surface area contributed by atoms with Crippen LogP contribution < -0.4 is 0 Å². The molecule has 29 heavy (non-hydrogen) atoms. The Bertz CT molecular complexity index is 1090. The van der Waals surface area contributed by atoms with Gasteiger partial charge in [-0.3, -0.25) is 20.0 Å². The molecule has 0 saturated carbocycles. The van der Waals surface area contributed by atoms with Crippen LogP contribution in [-0.4, -0.2) is 32.5 Å². The maximum absolute atomic E-state index is 13.1. The Kier molecular flexibility index (Phi) is 4.84. The van der Waals surface area contributed by atoms with Gasteiger partial charge in [-0.05, 0) is 23.6 Å². The number of benzene rings is 2. The van der Waals surface area contributed by atoms with E-state index in [1.165, 1.54) is 12.1 Å². The number of nitro groups is 1. The summed E-state index contributed by atoms with van der Waals surface area (Å²) in [7, 11) is 0. The summed E-state index contributed by atoms with van der Waals surface area (Å²) in [5, 5.41) is 19.2. The lowest BCUT2D eigenvalue weighted by molar-refractivity contribution is -0.384. The fraction of sp³-hybridized carbons (Fsp3) is 0.238. The van der Waals surface area contributed by atoms with Crippen LogP contribution in [-0.2, 0) is 0 Å². The molecule has 0 aliphatic carbocycles. The molecule has 1 aliphatic heterocycles. The van der Waals surface area contributed by atoms with Gasteiger partial charge in [0.2, 0.25) is 0 Å².